The molecule has 160 valence electrons. The van der Waals surface area contributed by atoms with E-state index in [0.29, 0.717) is 11.1 Å². The van der Waals surface area contributed by atoms with Crippen molar-refractivity contribution in [3.63, 3.8) is 0 Å². The summed E-state index contributed by atoms with van der Waals surface area (Å²) in [5, 5.41) is 13.1. The van der Waals surface area contributed by atoms with E-state index >= 15 is 0 Å². The van der Waals surface area contributed by atoms with Crippen molar-refractivity contribution < 1.29 is 4.79 Å². The van der Waals surface area contributed by atoms with Crippen LogP contribution in [-0.2, 0) is 11.8 Å². The van der Waals surface area contributed by atoms with Crippen LogP contribution in [0.4, 0.5) is 0 Å². The fourth-order valence-corrected chi connectivity index (χ4v) is 3.63. The van der Waals surface area contributed by atoms with Crippen molar-refractivity contribution in [1.82, 2.24) is 20.2 Å². The fourth-order valence-electron chi connectivity index (χ4n) is 2.92. The first kappa shape index (κ1) is 22.5. The summed E-state index contributed by atoms with van der Waals surface area (Å²) >= 11 is 1.32. The molecule has 0 radical (unpaired) electrons. The zero-order valence-electron chi connectivity index (χ0n) is 18.2. The Hall–Kier alpha value is -3.19. The highest BCUT2D eigenvalue weighted by Gasteiger charge is 2.12. The van der Waals surface area contributed by atoms with Gasteiger partial charge in [0.25, 0.3) is 5.91 Å². The quantitative estimate of drug-likeness (QED) is 0.311. The van der Waals surface area contributed by atoms with E-state index in [9.17, 15) is 4.79 Å². The first-order valence-electron chi connectivity index (χ1n) is 10.1. The van der Waals surface area contributed by atoms with E-state index in [2.05, 4.69) is 58.8 Å². The molecule has 0 spiro atoms. The number of rotatable bonds is 8. The molecule has 1 amide bonds. The van der Waals surface area contributed by atoms with Crippen LogP contribution in [0.5, 0.6) is 0 Å². The minimum absolute atomic E-state index is 0.195. The third kappa shape index (κ3) is 6.39. The maximum Gasteiger partial charge on any atom is 0.250 e. The van der Waals surface area contributed by atoms with Gasteiger partial charge in [0.2, 0.25) is 0 Å². The summed E-state index contributed by atoms with van der Waals surface area (Å²) in [7, 11) is 1.89. The molecule has 0 bridgehead atoms. The zero-order valence-corrected chi connectivity index (χ0v) is 19.1. The minimum atomic E-state index is -0.195. The Bertz CT molecular complexity index is 1070. The van der Waals surface area contributed by atoms with Crippen molar-refractivity contribution >= 4 is 30.0 Å². The summed E-state index contributed by atoms with van der Waals surface area (Å²) in [5.74, 6) is 1.29. The second kappa shape index (κ2) is 10.7. The highest BCUT2D eigenvalue weighted by molar-refractivity contribution is 7.99. The Labute approximate surface area is 187 Å². The summed E-state index contributed by atoms with van der Waals surface area (Å²) in [6.45, 7) is 6.30. The molecule has 0 atom stereocenters. The molecule has 0 fully saturated rings. The van der Waals surface area contributed by atoms with Gasteiger partial charge in [0.05, 0.1) is 12.0 Å². The van der Waals surface area contributed by atoms with Gasteiger partial charge in [0.15, 0.2) is 11.0 Å². The van der Waals surface area contributed by atoms with Gasteiger partial charge in [-0.1, -0.05) is 86.3 Å². The number of nitrogens with one attached hydrogen (secondary N) is 1. The Morgan fingerprint density at radius 1 is 1.13 bits per heavy atom. The maximum absolute atomic E-state index is 12.1. The van der Waals surface area contributed by atoms with Crippen molar-refractivity contribution in [2.24, 2.45) is 12.1 Å². The molecule has 7 heteroatoms. The second-order valence-electron chi connectivity index (χ2n) is 7.52. The van der Waals surface area contributed by atoms with Crippen LogP contribution in [0.15, 0.2) is 70.4 Å². The number of amides is 1. The van der Waals surface area contributed by atoms with Crippen molar-refractivity contribution in [2.75, 3.05) is 5.75 Å². The molecule has 31 heavy (non-hydrogen) atoms. The van der Waals surface area contributed by atoms with Gasteiger partial charge in [-0.15, -0.1) is 10.2 Å². The second-order valence-corrected chi connectivity index (χ2v) is 8.47. The normalized spacial score (nSPS) is 12.0. The molecule has 2 aromatic carbocycles. The SMILES string of the molecule is CC(/C=N\NC(=O)CSc1nnc(-c2ccccc2)n1C)=C\c1ccc(C(C)C)cc1. The highest BCUT2D eigenvalue weighted by Crippen LogP contribution is 2.22. The molecule has 0 unspecified atom stereocenters. The molecule has 1 aromatic heterocycles. The first-order chi connectivity index (χ1) is 14.9. The molecule has 0 aliphatic carbocycles. The van der Waals surface area contributed by atoms with Crippen LogP contribution in [0.2, 0.25) is 0 Å². The standard InChI is InChI=1S/C24H27N5OS/c1-17(2)20-12-10-19(11-13-20)14-18(3)15-25-26-22(30)16-31-24-28-27-23(29(24)4)21-8-6-5-7-9-21/h5-15,17H,16H2,1-4H3,(H,26,30)/b18-14+,25-15-. The molecular weight excluding hydrogens is 406 g/mol. The van der Waals surface area contributed by atoms with E-state index in [-0.39, 0.29) is 11.7 Å². The van der Waals surface area contributed by atoms with Crippen molar-refractivity contribution in [3.8, 4) is 11.4 Å². The minimum Gasteiger partial charge on any atom is -0.305 e. The van der Waals surface area contributed by atoms with Crippen LogP contribution in [0, 0.1) is 0 Å². The van der Waals surface area contributed by atoms with E-state index in [1.807, 2.05) is 54.9 Å². The Morgan fingerprint density at radius 2 is 1.84 bits per heavy atom. The number of carbonyl (C=O) groups is 1. The molecule has 3 rings (SSSR count). The summed E-state index contributed by atoms with van der Waals surface area (Å²) < 4.78 is 1.88. The van der Waals surface area contributed by atoms with Gasteiger partial charge in [-0.05, 0) is 29.5 Å². The molecule has 0 aliphatic rings. The topological polar surface area (TPSA) is 72.2 Å². The van der Waals surface area contributed by atoms with E-state index in [4.69, 9.17) is 0 Å². The number of thioether (sulfide) groups is 1. The number of hydrogen-bond donors (Lipinski definition) is 1. The lowest BCUT2D eigenvalue weighted by atomic mass is 10.0. The molecule has 0 aliphatic heterocycles. The predicted octanol–water partition coefficient (Wildman–Crippen LogP) is 4.90. The predicted molar refractivity (Wildman–Crippen MR) is 128 cm³/mol. The van der Waals surface area contributed by atoms with Crippen molar-refractivity contribution in [1.29, 1.82) is 0 Å². The van der Waals surface area contributed by atoms with Gasteiger partial charge < -0.3 is 4.57 Å². The van der Waals surface area contributed by atoms with Crippen molar-refractivity contribution in [3.05, 3.63) is 71.3 Å². The molecule has 1 heterocycles. The lowest BCUT2D eigenvalue weighted by Gasteiger charge is -2.05. The van der Waals surface area contributed by atoms with Crippen molar-refractivity contribution in [2.45, 2.75) is 31.8 Å². The molecule has 0 saturated carbocycles. The van der Waals surface area contributed by atoms with Crippen LogP contribution >= 0.6 is 11.8 Å². The number of carbonyl (C=O) groups excluding carboxylic acids is 1. The fraction of sp³-hybridized carbons (Fsp3) is 0.250. The Kier molecular flexibility index (Phi) is 7.78. The van der Waals surface area contributed by atoms with Crippen LogP contribution in [-0.4, -0.2) is 32.6 Å². The van der Waals surface area contributed by atoms with Gasteiger partial charge >= 0.3 is 0 Å². The number of allylic oxidation sites excluding steroid dienone is 1. The number of nitrogens with zero attached hydrogens (tertiary/aromatic N) is 4. The van der Waals surface area contributed by atoms with Crippen LogP contribution in [0.1, 0.15) is 37.8 Å². The smallest absolute Gasteiger partial charge is 0.250 e. The van der Waals surface area contributed by atoms with E-state index in [1.165, 1.54) is 17.3 Å². The summed E-state index contributed by atoms with van der Waals surface area (Å²) in [6, 6.07) is 18.3. The lowest BCUT2D eigenvalue weighted by Crippen LogP contribution is -2.19. The Balaban J connectivity index is 1.50. The summed E-state index contributed by atoms with van der Waals surface area (Å²) in [6.07, 6.45) is 3.67. The molecular formula is C24H27N5OS. The van der Waals surface area contributed by atoms with Gasteiger partial charge in [-0.25, -0.2) is 5.43 Å². The van der Waals surface area contributed by atoms with E-state index in [1.54, 1.807) is 6.21 Å². The number of hydrazone groups is 1. The van der Waals surface area contributed by atoms with E-state index < -0.39 is 0 Å². The third-order valence-corrected chi connectivity index (χ3v) is 5.67. The molecule has 6 nitrogen and oxygen atoms in total. The summed E-state index contributed by atoms with van der Waals surface area (Å²) in [5.41, 5.74) is 6.91. The summed E-state index contributed by atoms with van der Waals surface area (Å²) in [4.78, 5) is 12.1. The van der Waals surface area contributed by atoms with Crippen LogP contribution < -0.4 is 5.43 Å². The number of benzene rings is 2. The van der Waals surface area contributed by atoms with Gasteiger partial charge in [0, 0.05) is 12.6 Å². The highest BCUT2D eigenvalue weighted by atomic mass is 32.2. The first-order valence-corrected chi connectivity index (χ1v) is 11.1. The maximum atomic E-state index is 12.1. The van der Waals surface area contributed by atoms with Gasteiger partial charge in [-0.3, -0.25) is 4.79 Å². The van der Waals surface area contributed by atoms with Crippen LogP contribution in [0.3, 0.4) is 0 Å². The van der Waals surface area contributed by atoms with Gasteiger partial charge in [-0.2, -0.15) is 5.10 Å². The third-order valence-electron chi connectivity index (χ3n) is 4.65. The van der Waals surface area contributed by atoms with Crippen LogP contribution in [0.25, 0.3) is 17.5 Å². The largest absolute Gasteiger partial charge is 0.305 e. The molecule has 3 aromatic rings. The number of aromatic nitrogens is 3. The molecule has 1 N–H and O–H groups in total. The Morgan fingerprint density at radius 3 is 2.52 bits per heavy atom. The number of hydrogen-bond acceptors (Lipinski definition) is 5. The average molecular weight is 434 g/mol. The average Bonchev–Trinajstić information content (AvgIpc) is 3.13. The lowest BCUT2D eigenvalue weighted by molar-refractivity contribution is -0.118. The van der Waals surface area contributed by atoms with E-state index in [0.717, 1.165) is 22.5 Å². The monoisotopic (exact) mass is 433 g/mol. The zero-order chi connectivity index (χ0) is 22.2. The molecule has 0 saturated heterocycles. The van der Waals surface area contributed by atoms with Gasteiger partial charge in [0.1, 0.15) is 0 Å².